The number of furan rings is 1. The molecule has 1 aliphatic heterocycles. The van der Waals surface area contributed by atoms with Crippen molar-refractivity contribution in [3.8, 4) is 0 Å². The lowest BCUT2D eigenvalue weighted by atomic mass is 10.2. The molecule has 1 aromatic rings. The topological polar surface area (TPSA) is 76.5 Å². The molecule has 2 rings (SSSR count). The summed E-state index contributed by atoms with van der Waals surface area (Å²) in [7, 11) is -2.88. The second kappa shape index (κ2) is 5.20. The van der Waals surface area contributed by atoms with E-state index in [1.54, 1.807) is 6.26 Å². The highest BCUT2D eigenvalue weighted by molar-refractivity contribution is 7.91. The van der Waals surface area contributed by atoms with Gasteiger partial charge in [-0.2, -0.15) is 0 Å². The van der Waals surface area contributed by atoms with Crippen molar-refractivity contribution >= 4 is 9.84 Å². The Bertz CT molecular complexity index is 441. The average Bonchev–Trinajstić information content (AvgIpc) is 2.73. The van der Waals surface area contributed by atoms with E-state index in [1.165, 1.54) is 0 Å². The minimum absolute atomic E-state index is 0.0155. The first kappa shape index (κ1) is 12.6. The average molecular weight is 258 g/mol. The fourth-order valence-corrected chi connectivity index (χ4v) is 3.48. The zero-order chi connectivity index (χ0) is 12.3. The number of hydrogen-bond donors (Lipinski definition) is 1. The fourth-order valence-electron chi connectivity index (χ4n) is 2.20. The zero-order valence-electron chi connectivity index (χ0n) is 9.71. The molecule has 0 aliphatic carbocycles. The van der Waals surface area contributed by atoms with Gasteiger partial charge in [0, 0.05) is 13.1 Å². The summed E-state index contributed by atoms with van der Waals surface area (Å²) in [5, 5.41) is 0. The van der Waals surface area contributed by atoms with Crippen LogP contribution in [0.1, 0.15) is 18.2 Å². The number of sulfone groups is 1. The second-order valence-corrected chi connectivity index (χ2v) is 6.61. The lowest BCUT2D eigenvalue weighted by Crippen LogP contribution is -2.35. The van der Waals surface area contributed by atoms with Crippen LogP contribution in [0.4, 0.5) is 0 Å². The predicted molar refractivity (Wildman–Crippen MR) is 65.3 cm³/mol. The lowest BCUT2D eigenvalue weighted by Gasteiger charge is -2.27. The Morgan fingerprint density at radius 2 is 2.24 bits per heavy atom. The molecule has 2 N–H and O–H groups in total. The molecule has 5 nitrogen and oxygen atoms in total. The van der Waals surface area contributed by atoms with Crippen LogP contribution < -0.4 is 5.73 Å². The van der Waals surface area contributed by atoms with Crippen LogP contribution in [0.2, 0.25) is 0 Å². The van der Waals surface area contributed by atoms with Gasteiger partial charge in [0.2, 0.25) is 0 Å². The van der Waals surface area contributed by atoms with Crippen molar-refractivity contribution in [1.82, 2.24) is 4.90 Å². The normalized spacial score (nSPS) is 23.1. The summed E-state index contributed by atoms with van der Waals surface area (Å²) in [5.74, 6) is 1.30. The van der Waals surface area contributed by atoms with E-state index in [2.05, 4.69) is 4.90 Å². The van der Waals surface area contributed by atoms with Crippen molar-refractivity contribution in [3.05, 3.63) is 24.2 Å². The largest absolute Gasteiger partial charge is 0.468 e. The van der Waals surface area contributed by atoms with E-state index >= 15 is 0 Å². The summed E-state index contributed by atoms with van der Waals surface area (Å²) in [6.45, 7) is 1.72. The van der Waals surface area contributed by atoms with Crippen molar-refractivity contribution in [3.63, 3.8) is 0 Å². The molecular formula is C11H18N2O3S. The third-order valence-electron chi connectivity index (χ3n) is 3.13. The van der Waals surface area contributed by atoms with Crippen LogP contribution in [0.5, 0.6) is 0 Å². The molecule has 0 amide bonds. The molecule has 0 radical (unpaired) electrons. The number of rotatable bonds is 3. The van der Waals surface area contributed by atoms with Gasteiger partial charge in [-0.15, -0.1) is 0 Å². The van der Waals surface area contributed by atoms with Gasteiger partial charge in [0.15, 0.2) is 9.84 Å². The van der Waals surface area contributed by atoms with E-state index in [-0.39, 0.29) is 17.5 Å². The Hall–Kier alpha value is -0.850. The first-order chi connectivity index (χ1) is 8.12. The third-order valence-corrected chi connectivity index (χ3v) is 4.84. The van der Waals surface area contributed by atoms with E-state index in [1.807, 2.05) is 12.1 Å². The Balaban J connectivity index is 2.10. The summed E-state index contributed by atoms with van der Waals surface area (Å²) in [6, 6.07) is 3.70. The number of nitrogens with zero attached hydrogens (tertiary/aromatic N) is 1. The molecule has 1 saturated heterocycles. The van der Waals surface area contributed by atoms with Gasteiger partial charge in [-0.25, -0.2) is 8.42 Å². The minimum Gasteiger partial charge on any atom is -0.468 e. The summed E-state index contributed by atoms with van der Waals surface area (Å²) in [6.07, 6.45) is 2.28. The molecule has 1 unspecified atom stereocenters. The smallest absolute Gasteiger partial charge is 0.151 e. The van der Waals surface area contributed by atoms with Gasteiger partial charge in [0.25, 0.3) is 0 Å². The van der Waals surface area contributed by atoms with Crippen molar-refractivity contribution in [1.29, 1.82) is 0 Å². The maximum absolute atomic E-state index is 11.5. The summed E-state index contributed by atoms with van der Waals surface area (Å²) >= 11 is 0. The van der Waals surface area contributed by atoms with E-state index in [0.717, 1.165) is 12.3 Å². The quantitative estimate of drug-likeness (QED) is 0.849. The van der Waals surface area contributed by atoms with Gasteiger partial charge < -0.3 is 10.2 Å². The molecule has 1 fully saturated rings. The van der Waals surface area contributed by atoms with Gasteiger partial charge in [0.1, 0.15) is 5.76 Å². The van der Waals surface area contributed by atoms with Gasteiger partial charge in [-0.3, -0.25) is 4.90 Å². The maximum Gasteiger partial charge on any atom is 0.151 e. The van der Waals surface area contributed by atoms with E-state index < -0.39 is 9.84 Å². The molecule has 0 saturated carbocycles. The molecular weight excluding hydrogens is 240 g/mol. The number of nitrogens with two attached hydrogens (primary N) is 1. The van der Waals surface area contributed by atoms with E-state index in [4.69, 9.17) is 10.2 Å². The van der Waals surface area contributed by atoms with E-state index in [9.17, 15) is 8.42 Å². The van der Waals surface area contributed by atoms with Crippen LogP contribution in [0.25, 0.3) is 0 Å². The summed E-state index contributed by atoms with van der Waals surface area (Å²) in [5.41, 5.74) is 5.76. The molecule has 96 valence electrons. The van der Waals surface area contributed by atoms with Gasteiger partial charge in [0.05, 0.1) is 23.8 Å². The Labute approximate surface area is 101 Å². The molecule has 1 aromatic heterocycles. The van der Waals surface area contributed by atoms with Crippen molar-refractivity contribution < 1.29 is 12.8 Å². The highest BCUT2D eigenvalue weighted by Crippen LogP contribution is 2.21. The first-order valence-electron chi connectivity index (χ1n) is 5.80. The fraction of sp³-hybridized carbons (Fsp3) is 0.636. The molecule has 2 heterocycles. The number of hydrogen-bond acceptors (Lipinski definition) is 5. The van der Waals surface area contributed by atoms with Crippen LogP contribution in [0, 0.1) is 0 Å². The molecule has 1 aliphatic rings. The van der Waals surface area contributed by atoms with Gasteiger partial charge >= 0.3 is 0 Å². The Morgan fingerprint density at radius 3 is 2.88 bits per heavy atom. The summed E-state index contributed by atoms with van der Waals surface area (Å²) < 4.78 is 28.4. The predicted octanol–water partition coefficient (Wildman–Crippen LogP) is 0.400. The van der Waals surface area contributed by atoms with Crippen LogP contribution in [-0.4, -0.2) is 44.5 Å². The second-order valence-electron chi connectivity index (χ2n) is 4.31. The Kier molecular flexibility index (Phi) is 3.86. The van der Waals surface area contributed by atoms with Crippen LogP contribution in [0.3, 0.4) is 0 Å². The van der Waals surface area contributed by atoms with Crippen LogP contribution in [0.15, 0.2) is 22.8 Å². The summed E-state index contributed by atoms with van der Waals surface area (Å²) in [4.78, 5) is 2.10. The zero-order valence-corrected chi connectivity index (χ0v) is 10.5. The highest BCUT2D eigenvalue weighted by atomic mass is 32.2. The first-order valence-corrected chi connectivity index (χ1v) is 7.62. The maximum atomic E-state index is 11.5. The van der Waals surface area contributed by atoms with Crippen molar-refractivity contribution in [2.24, 2.45) is 5.73 Å². The van der Waals surface area contributed by atoms with Crippen molar-refractivity contribution in [2.45, 2.75) is 12.5 Å². The van der Waals surface area contributed by atoms with Gasteiger partial charge in [-0.1, -0.05) is 0 Å². The van der Waals surface area contributed by atoms with Gasteiger partial charge in [-0.05, 0) is 25.1 Å². The van der Waals surface area contributed by atoms with Crippen LogP contribution >= 0.6 is 0 Å². The monoisotopic (exact) mass is 258 g/mol. The van der Waals surface area contributed by atoms with E-state index in [0.29, 0.717) is 19.5 Å². The molecule has 6 heteroatoms. The standard InChI is InChI=1S/C11H18N2O3S/c12-9-10(11-3-1-6-16-11)13-4-2-7-17(14,15)8-5-13/h1,3,6,10H,2,4-5,7-9,12H2. The Morgan fingerprint density at radius 1 is 1.41 bits per heavy atom. The molecule has 1 atom stereocenters. The molecule has 0 spiro atoms. The van der Waals surface area contributed by atoms with Crippen molar-refractivity contribution in [2.75, 3.05) is 31.1 Å². The molecule has 0 bridgehead atoms. The lowest BCUT2D eigenvalue weighted by molar-refractivity contribution is 0.193. The SMILES string of the molecule is NCC(c1ccco1)N1CCCS(=O)(=O)CC1. The third kappa shape index (κ3) is 3.08. The highest BCUT2D eigenvalue weighted by Gasteiger charge is 2.26. The molecule has 17 heavy (non-hydrogen) atoms. The molecule has 0 aromatic carbocycles. The minimum atomic E-state index is -2.88. The van der Waals surface area contributed by atoms with Crippen LogP contribution in [-0.2, 0) is 9.84 Å².